The molecule has 7 heteroatoms. The van der Waals surface area contributed by atoms with E-state index in [-0.39, 0.29) is 0 Å². The molecule has 6 nitrogen and oxygen atoms in total. The summed E-state index contributed by atoms with van der Waals surface area (Å²) in [6, 6.07) is 15.2. The molecule has 0 fully saturated rings. The minimum atomic E-state index is 0.420. The van der Waals surface area contributed by atoms with Gasteiger partial charge in [-0.2, -0.15) is 5.26 Å². The summed E-state index contributed by atoms with van der Waals surface area (Å²) in [5.74, 6) is 2.09. The number of hydrogen-bond acceptors (Lipinski definition) is 7. The first-order valence-corrected chi connectivity index (χ1v) is 9.25. The molecule has 0 amide bonds. The van der Waals surface area contributed by atoms with E-state index in [9.17, 15) is 5.26 Å². The number of allylic oxidation sites excluding steroid dienone is 1. The maximum atomic E-state index is 9.58. The van der Waals surface area contributed by atoms with Crippen molar-refractivity contribution in [3.8, 4) is 34.6 Å². The summed E-state index contributed by atoms with van der Waals surface area (Å²) in [6.07, 6.45) is 1.62. The lowest BCUT2D eigenvalue weighted by atomic mass is 10.1. The molecule has 0 aliphatic carbocycles. The summed E-state index contributed by atoms with van der Waals surface area (Å²) >= 11 is 1.40. The number of aromatic nitrogens is 1. The maximum Gasteiger partial charge on any atom is 0.142 e. The molecule has 0 atom stereocenters. The van der Waals surface area contributed by atoms with E-state index in [0.29, 0.717) is 27.8 Å². The van der Waals surface area contributed by atoms with Crippen molar-refractivity contribution in [3.63, 3.8) is 0 Å². The first-order valence-electron chi connectivity index (χ1n) is 8.37. The third kappa shape index (κ3) is 4.24. The van der Waals surface area contributed by atoms with Crippen molar-refractivity contribution in [3.05, 3.63) is 59.1 Å². The number of rotatable bonds is 7. The first-order chi connectivity index (χ1) is 13.7. The molecule has 28 heavy (non-hydrogen) atoms. The normalized spacial score (nSPS) is 10.9. The van der Waals surface area contributed by atoms with Crippen LogP contribution in [0.5, 0.6) is 17.2 Å². The standard InChI is InChI=1S/C21H19N3O3S/c1-25-16-6-4-5-14(9-16)19-13-28-21(24-19)15(11-22)12-23-18-10-17(26-2)7-8-20(18)27-3/h4-10,12-13,23H,1-3H3/b15-12+. The van der Waals surface area contributed by atoms with E-state index < -0.39 is 0 Å². The minimum absolute atomic E-state index is 0.420. The summed E-state index contributed by atoms with van der Waals surface area (Å²) in [5.41, 5.74) is 2.84. The number of ether oxygens (including phenoxy) is 3. The molecule has 0 aliphatic heterocycles. The van der Waals surface area contributed by atoms with Crippen molar-refractivity contribution in [2.75, 3.05) is 26.6 Å². The molecule has 0 saturated carbocycles. The number of anilines is 1. The van der Waals surface area contributed by atoms with Crippen molar-refractivity contribution >= 4 is 22.6 Å². The van der Waals surface area contributed by atoms with Gasteiger partial charge in [0.25, 0.3) is 0 Å². The van der Waals surface area contributed by atoms with E-state index in [1.807, 2.05) is 29.6 Å². The Hall–Kier alpha value is -3.50. The lowest BCUT2D eigenvalue weighted by Crippen LogP contribution is -1.96. The Kier molecular flexibility index (Phi) is 6.14. The fourth-order valence-electron chi connectivity index (χ4n) is 2.53. The van der Waals surface area contributed by atoms with Gasteiger partial charge in [0.1, 0.15) is 33.9 Å². The van der Waals surface area contributed by atoms with Gasteiger partial charge in [0.05, 0.1) is 32.7 Å². The van der Waals surface area contributed by atoms with E-state index in [1.165, 1.54) is 11.3 Å². The van der Waals surface area contributed by atoms with Crippen LogP contribution in [0.2, 0.25) is 0 Å². The molecule has 0 bridgehead atoms. The summed E-state index contributed by atoms with van der Waals surface area (Å²) in [7, 11) is 4.81. The second-order valence-electron chi connectivity index (χ2n) is 5.65. The molecule has 0 radical (unpaired) electrons. The number of benzene rings is 2. The molecule has 1 heterocycles. The zero-order chi connectivity index (χ0) is 19.9. The predicted octanol–water partition coefficient (Wildman–Crippen LogP) is 4.81. The fraction of sp³-hybridized carbons (Fsp3) is 0.143. The van der Waals surface area contributed by atoms with Gasteiger partial charge >= 0.3 is 0 Å². The van der Waals surface area contributed by atoms with Crippen LogP contribution < -0.4 is 19.5 Å². The molecule has 3 rings (SSSR count). The van der Waals surface area contributed by atoms with E-state index in [1.54, 1.807) is 45.7 Å². The Bertz CT molecular complexity index is 1040. The molecule has 0 aliphatic rings. The molecule has 1 aromatic heterocycles. The van der Waals surface area contributed by atoms with E-state index >= 15 is 0 Å². The summed E-state index contributed by atoms with van der Waals surface area (Å²) < 4.78 is 15.8. The smallest absolute Gasteiger partial charge is 0.142 e. The molecule has 0 saturated heterocycles. The molecular formula is C21H19N3O3S. The lowest BCUT2D eigenvalue weighted by molar-refractivity contribution is 0.405. The fourth-order valence-corrected chi connectivity index (χ4v) is 3.33. The maximum absolute atomic E-state index is 9.58. The third-order valence-corrected chi connectivity index (χ3v) is 4.87. The molecule has 1 N–H and O–H groups in total. The van der Waals surface area contributed by atoms with Gasteiger partial charge in [-0.25, -0.2) is 4.98 Å². The minimum Gasteiger partial charge on any atom is -0.497 e. The second kappa shape index (κ2) is 8.93. The van der Waals surface area contributed by atoms with Gasteiger partial charge in [-0.05, 0) is 24.3 Å². The second-order valence-corrected chi connectivity index (χ2v) is 6.51. The zero-order valence-electron chi connectivity index (χ0n) is 15.7. The van der Waals surface area contributed by atoms with Crippen LogP contribution in [0.1, 0.15) is 5.01 Å². The number of nitrogens with one attached hydrogen (secondary N) is 1. The highest BCUT2D eigenvalue weighted by Gasteiger charge is 2.11. The number of nitriles is 1. The van der Waals surface area contributed by atoms with Crippen LogP contribution in [-0.4, -0.2) is 26.3 Å². The summed E-state index contributed by atoms with van der Waals surface area (Å²) in [4.78, 5) is 4.59. The Morgan fingerprint density at radius 2 is 1.86 bits per heavy atom. The van der Waals surface area contributed by atoms with Crippen molar-refractivity contribution in [1.82, 2.24) is 4.98 Å². The van der Waals surface area contributed by atoms with Crippen LogP contribution in [0, 0.1) is 11.3 Å². The monoisotopic (exact) mass is 393 g/mol. The highest BCUT2D eigenvalue weighted by molar-refractivity contribution is 7.11. The molecule has 142 valence electrons. The Labute approximate surface area is 167 Å². The number of nitrogens with zero attached hydrogens (tertiary/aromatic N) is 2. The average Bonchev–Trinajstić information content (AvgIpc) is 3.24. The first kappa shape index (κ1) is 19.3. The van der Waals surface area contributed by atoms with Gasteiger partial charge in [0.15, 0.2) is 0 Å². The summed E-state index contributed by atoms with van der Waals surface area (Å²) in [5, 5.41) is 15.2. The summed E-state index contributed by atoms with van der Waals surface area (Å²) in [6.45, 7) is 0. The van der Waals surface area contributed by atoms with Gasteiger partial charge in [-0.3, -0.25) is 0 Å². The van der Waals surface area contributed by atoms with Gasteiger partial charge in [0, 0.05) is 23.2 Å². The molecule has 0 spiro atoms. The highest BCUT2D eigenvalue weighted by Crippen LogP contribution is 2.31. The van der Waals surface area contributed by atoms with Crippen molar-refractivity contribution in [2.45, 2.75) is 0 Å². The topological polar surface area (TPSA) is 76.4 Å². The number of methoxy groups -OCH3 is 3. The Morgan fingerprint density at radius 1 is 1.07 bits per heavy atom. The Balaban J connectivity index is 1.86. The van der Waals surface area contributed by atoms with Crippen LogP contribution in [0.3, 0.4) is 0 Å². The SMILES string of the molecule is COc1cccc(-c2csc(/C(C#N)=C/Nc3cc(OC)ccc3OC)n2)c1. The van der Waals surface area contributed by atoms with Crippen molar-refractivity contribution < 1.29 is 14.2 Å². The van der Waals surface area contributed by atoms with E-state index in [4.69, 9.17) is 14.2 Å². The van der Waals surface area contributed by atoms with Crippen LogP contribution in [0.25, 0.3) is 16.8 Å². The average molecular weight is 393 g/mol. The Morgan fingerprint density at radius 3 is 2.57 bits per heavy atom. The molecular weight excluding hydrogens is 374 g/mol. The third-order valence-electron chi connectivity index (χ3n) is 4.00. The zero-order valence-corrected chi connectivity index (χ0v) is 16.5. The van der Waals surface area contributed by atoms with Gasteiger partial charge < -0.3 is 19.5 Å². The largest absolute Gasteiger partial charge is 0.497 e. The quantitative estimate of drug-likeness (QED) is 0.581. The lowest BCUT2D eigenvalue weighted by Gasteiger charge is -2.10. The van der Waals surface area contributed by atoms with Crippen LogP contribution in [0.15, 0.2) is 54.0 Å². The predicted molar refractivity (Wildman–Crippen MR) is 111 cm³/mol. The van der Waals surface area contributed by atoms with Crippen LogP contribution in [0.4, 0.5) is 5.69 Å². The highest BCUT2D eigenvalue weighted by atomic mass is 32.1. The molecule has 3 aromatic rings. The molecule has 0 unspecified atom stereocenters. The van der Waals surface area contributed by atoms with E-state index in [2.05, 4.69) is 16.4 Å². The molecule has 2 aromatic carbocycles. The van der Waals surface area contributed by atoms with E-state index in [0.717, 1.165) is 17.0 Å². The van der Waals surface area contributed by atoms with Gasteiger partial charge in [-0.15, -0.1) is 11.3 Å². The number of thiazole rings is 1. The van der Waals surface area contributed by atoms with Crippen LogP contribution >= 0.6 is 11.3 Å². The van der Waals surface area contributed by atoms with Crippen molar-refractivity contribution in [1.29, 1.82) is 5.26 Å². The van der Waals surface area contributed by atoms with Gasteiger partial charge in [0.2, 0.25) is 0 Å². The van der Waals surface area contributed by atoms with Crippen LogP contribution in [-0.2, 0) is 0 Å². The number of hydrogen-bond donors (Lipinski definition) is 1. The van der Waals surface area contributed by atoms with Gasteiger partial charge in [-0.1, -0.05) is 12.1 Å². The van der Waals surface area contributed by atoms with Crippen molar-refractivity contribution in [2.24, 2.45) is 0 Å².